The summed E-state index contributed by atoms with van der Waals surface area (Å²) < 4.78 is 18.8. The highest BCUT2D eigenvalue weighted by Crippen LogP contribution is 2.54. The minimum absolute atomic E-state index is 0.0148. The lowest BCUT2D eigenvalue weighted by molar-refractivity contribution is -0.312. The molecule has 2 aliphatic heterocycles. The Morgan fingerprint density at radius 1 is 1.36 bits per heavy atom. The highest BCUT2D eigenvalue weighted by molar-refractivity contribution is 5.89. The Balaban J connectivity index is 1.76. The molecule has 2 aromatic rings. The SMILES string of the molecule is C#C[C@@]12OC[C@@]1(n1ccc(=O)[nH]c1=O)O[C@H](CC)C2OC(=O)c1ccccc1. The maximum atomic E-state index is 12.6. The summed E-state index contributed by atoms with van der Waals surface area (Å²) in [4.78, 5) is 38.7. The normalized spacial score (nSPS) is 30.7. The number of benzene rings is 1. The lowest BCUT2D eigenvalue weighted by Crippen LogP contribution is -2.72. The molecule has 4 atom stereocenters. The van der Waals surface area contributed by atoms with Crippen LogP contribution in [0.3, 0.4) is 0 Å². The van der Waals surface area contributed by atoms with Crippen molar-refractivity contribution in [1.82, 2.24) is 9.55 Å². The van der Waals surface area contributed by atoms with Gasteiger partial charge in [-0.3, -0.25) is 14.3 Å². The van der Waals surface area contributed by atoms with E-state index in [1.807, 2.05) is 6.92 Å². The molecule has 0 radical (unpaired) electrons. The van der Waals surface area contributed by atoms with Crippen LogP contribution in [0.5, 0.6) is 0 Å². The van der Waals surface area contributed by atoms with Gasteiger partial charge < -0.3 is 14.2 Å². The van der Waals surface area contributed by atoms with Gasteiger partial charge in [-0.05, 0) is 18.6 Å². The van der Waals surface area contributed by atoms with Gasteiger partial charge in [0.2, 0.25) is 11.3 Å². The monoisotopic (exact) mass is 382 g/mol. The number of H-pyrrole nitrogens is 1. The first-order chi connectivity index (χ1) is 13.5. The van der Waals surface area contributed by atoms with Crippen molar-refractivity contribution in [2.75, 3.05) is 6.61 Å². The summed E-state index contributed by atoms with van der Waals surface area (Å²) in [5.74, 6) is 1.99. The van der Waals surface area contributed by atoms with E-state index in [0.29, 0.717) is 12.0 Å². The molecule has 0 saturated carbocycles. The average Bonchev–Trinajstić information content (AvgIpc) is 2.86. The Hall–Kier alpha value is -3.15. The van der Waals surface area contributed by atoms with Crippen molar-refractivity contribution in [3.8, 4) is 12.3 Å². The van der Waals surface area contributed by atoms with E-state index < -0.39 is 40.8 Å². The van der Waals surface area contributed by atoms with Gasteiger partial charge in [0, 0.05) is 12.3 Å². The third-order valence-electron chi connectivity index (χ3n) is 5.23. The van der Waals surface area contributed by atoms with Gasteiger partial charge in [0.1, 0.15) is 12.7 Å². The van der Waals surface area contributed by atoms with E-state index in [9.17, 15) is 14.4 Å². The van der Waals surface area contributed by atoms with E-state index in [-0.39, 0.29) is 6.61 Å². The van der Waals surface area contributed by atoms with E-state index in [1.165, 1.54) is 16.8 Å². The molecule has 1 unspecified atom stereocenters. The molecule has 2 fully saturated rings. The third-order valence-corrected chi connectivity index (χ3v) is 5.23. The van der Waals surface area contributed by atoms with Crippen LogP contribution in [0, 0.1) is 12.3 Å². The van der Waals surface area contributed by atoms with Crippen molar-refractivity contribution in [1.29, 1.82) is 0 Å². The number of aromatic amines is 1. The number of nitrogens with zero attached hydrogens (tertiary/aromatic N) is 1. The standard InChI is InChI=1S/C20H18N2O6/c1-3-14-16(27-17(24)13-8-6-5-7-9-13)19(4-2)20(28-14,12-26-19)22-11-10-15(23)21-18(22)25/h2,5-11,14,16H,3,12H2,1H3,(H,21,23,25)/t14-,16?,19+,20-/m1/s1. The molecule has 8 heteroatoms. The number of aromatic nitrogens is 2. The Morgan fingerprint density at radius 3 is 2.68 bits per heavy atom. The molecule has 0 spiro atoms. The van der Waals surface area contributed by atoms with Crippen molar-refractivity contribution >= 4 is 5.97 Å². The van der Waals surface area contributed by atoms with Crippen LogP contribution in [0.25, 0.3) is 0 Å². The van der Waals surface area contributed by atoms with Crippen LogP contribution >= 0.6 is 0 Å². The highest BCUT2D eigenvalue weighted by atomic mass is 16.7. The first-order valence-corrected chi connectivity index (χ1v) is 8.85. The summed E-state index contributed by atoms with van der Waals surface area (Å²) in [6.07, 6.45) is 6.06. The zero-order chi connectivity index (χ0) is 19.9. The van der Waals surface area contributed by atoms with Crippen molar-refractivity contribution in [2.24, 2.45) is 0 Å². The number of carbonyl (C=O) groups is 1. The summed E-state index contributed by atoms with van der Waals surface area (Å²) >= 11 is 0. The minimum Gasteiger partial charge on any atom is -0.452 e. The molecule has 1 aromatic carbocycles. The van der Waals surface area contributed by atoms with Crippen molar-refractivity contribution in [3.05, 3.63) is 69.0 Å². The summed E-state index contributed by atoms with van der Waals surface area (Å²) in [6.45, 7) is 1.84. The number of nitrogens with one attached hydrogen (secondary N) is 1. The Morgan fingerprint density at radius 2 is 2.11 bits per heavy atom. The molecule has 0 amide bonds. The van der Waals surface area contributed by atoms with E-state index in [1.54, 1.807) is 30.3 Å². The van der Waals surface area contributed by atoms with Gasteiger partial charge in [0.15, 0.2) is 6.10 Å². The molecular formula is C20H18N2O6. The molecule has 28 heavy (non-hydrogen) atoms. The molecule has 1 aromatic heterocycles. The van der Waals surface area contributed by atoms with Gasteiger partial charge in [0.05, 0.1) is 5.56 Å². The van der Waals surface area contributed by atoms with Crippen LogP contribution in [-0.4, -0.2) is 39.9 Å². The topological polar surface area (TPSA) is 99.6 Å². The quantitative estimate of drug-likeness (QED) is 0.615. The Labute approximate surface area is 160 Å². The van der Waals surface area contributed by atoms with Gasteiger partial charge in [-0.25, -0.2) is 9.59 Å². The lowest BCUT2D eigenvalue weighted by Gasteiger charge is -2.51. The maximum Gasteiger partial charge on any atom is 0.338 e. The highest BCUT2D eigenvalue weighted by Gasteiger charge is 2.76. The molecule has 8 nitrogen and oxygen atoms in total. The zero-order valence-electron chi connectivity index (χ0n) is 15.1. The Kier molecular flexibility index (Phi) is 4.22. The van der Waals surface area contributed by atoms with Crippen molar-refractivity contribution in [3.63, 3.8) is 0 Å². The largest absolute Gasteiger partial charge is 0.452 e. The molecular weight excluding hydrogens is 364 g/mol. The van der Waals surface area contributed by atoms with Crippen LogP contribution in [-0.2, 0) is 19.9 Å². The van der Waals surface area contributed by atoms with Gasteiger partial charge >= 0.3 is 11.7 Å². The number of terminal acetylenes is 1. The number of ether oxygens (including phenoxy) is 3. The van der Waals surface area contributed by atoms with E-state index in [2.05, 4.69) is 10.9 Å². The molecule has 144 valence electrons. The summed E-state index contributed by atoms with van der Waals surface area (Å²) in [5, 5.41) is 0. The fourth-order valence-corrected chi connectivity index (χ4v) is 3.81. The van der Waals surface area contributed by atoms with Gasteiger partial charge in [0.25, 0.3) is 5.56 Å². The summed E-state index contributed by atoms with van der Waals surface area (Å²) in [7, 11) is 0. The molecule has 1 N–H and O–H groups in total. The predicted octanol–water partition coefficient (Wildman–Crippen LogP) is 0.626. The number of fused-ring (bicyclic) bond motifs is 1. The van der Waals surface area contributed by atoms with Crippen LogP contribution in [0.1, 0.15) is 23.7 Å². The lowest BCUT2D eigenvalue weighted by atomic mass is 9.81. The summed E-state index contributed by atoms with van der Waals surface area (Å²) in [5.41, 5.74) is -3.71. The number of carbonyl (C=O) groups excluding carboxylic acids is 1. The van der Waals surface area contributed by atoms with Crippen molar-refractivity contribution < 1.29 is 19.0 Å². The number of rotatable bonds is 4. The Bertz CT molecular complexity index is 1070. The summed E-state index contributed by atoms with van der Waals surface area (Å²) in [6, 6.07) is 9.69. The number of hydrogen-bond donors (Lipinski definition) is 1. The van der Waals surface area contributed by atoms with Gasteiger partial charge in [-0.2, -0.15) is 0 Å². The van der Waals surface area contributed by atoms with E-state index in [4.69, 9.17) is 20.6 Å². The first kappa shape index (κ1) is 18.2. The third kappa shape index (κ3) is 2.37. The first-order valence-electron chi connectivity index (χ1n) is 8.85. The molecule has 0 aliphatic carbocycles. The molecule has 2 saturated heterocycles. The van der Waals surface area contributed by atoms with Gasteiger partial charge in [-0.1, -0.05) is 31.0 Å². The average molecular weight is 382 g/mol. The van der Waals surface area contributed by atoms with E-state index in [0.717, 1.165) is 0 Å². The van der Waals surface area contributed by atoms with Crippen LogP contribution in [0.2, 0.25) is 0 Å². The molecule has 2 aliphatic rings. The number of hydrogen-bond acceptors (Lipinski definition) is 6. The molecule has 3 heterocycles. The minimum atomic E-state index is -1.49. The molecule has 0 bridgehead atoms. The number of esters is 1. The van der Waals surface area contributed by atoms with Crippen molar-refractivity contribution in [2.45, 2.75) is 36.9 Å². The van der Waals surface area contributed by atoms with Crippen LogP contribution < -0.4 is 11.2 Å². The van der Waals surface area contributed by atoms with E-state index >= 15 is 0 Å². The van der Waals surface area contributed by atoms with Gasteiger partial charge in [-0.15, -0.1) is 6.42 Å². The second-order valence-electron chi connectivity index (χ2n) is 6.69. The van der Waals surface area contributed by atoms with Crippen LogP contribution in [0.4, 0.5) is 0 Å². The maximum absolute atomic E-state index is 12.6. The fraction of sp³-hybridized carbons (Fsp3) is 0.350. The second kappa shape index (κ2) is 6.48. The zero-order valence-corrected chi connectivity index (χ0v) is 15.1. The fourth-order valence-electron chi connectivity index (χ4n) is 3.81. The smallest absolute Gasteiger partial charge is 0.338 e. The second-order valence-corrected chi connectivity index (χ2v) is 6.69. The van der Waals surface area contributed by atoms with Crippen LogP contribution in [0.15, 0.2) is 52.2 Å². The molecule has 4 rings (SSSR count). The predicted molar refractivity (Wildman–Crippen MR) is 97.6 cm³/mol.